The third-order valence-electron chi connectivity index (χ3n) is 4.37. The molecular weight excluding hydrogens is 376 g/mol. The van der Waals surface area contributed by atoms with Crippen LogP contribution in [0.5, 0.6) is 0 Å². The number of rotatable bonds is 5. The molecule has 0 aliphatic carbocycles. The van der Waals surface area contributed by atoms with E-state index in [1.165, 1.54) is 10.5 Å². The van der Waals surface area contributed by atoms with Crippen LogP contribution in [0, 0.1) is 0 Å². The minimum atomic E-state index is -3.61. The van der Waals surface area contributed by atoms with Gasteiger partial charge in [0.25, 0.3) is 10.0 Å². The first-order chi connectivity index (χ1) is 12.5. The Hall–Kier alpha value is -2.01. The van der Waals surface area contributed by atoms with Gasteiger partial charge in [-0.1, -0.05) is 12.1 Å². The lowest BCUT2D eigenvalue weighted by Crippen LogP contribution is -2.38. The van der Waals surface area contributed by atoms with E-state index < -0.39 is 16.1 Å². The molecule has 3 aromatic rings. The summed E-state index contributed by atoms with van der Waals surface area (Å²) in [7, 11) is -3.61. The summed E-state index contributed by atoms with van der Waals surface area (Å²) in [6.45, 7) is 2.92. The van der Waals surface area contributed by atoms with Crippen LogP contribution in [0.15, 0.2) is 39.2 Å². The average molecular weight is 394 g/mol. The van der Waals surface area contributed by atoms with E-state index in [1.807, 2.05) is 6.92 Å². The van der Waals surface area contributed by atoms with Crippen molar-refractivity contribution in [2.75, 3.05) is 6.54 Å². The molecule has 10 heteroatoms. The number of thiophene rings is 1. The summed E-state index contributed by atoms with van der Waals surface area (Å²) in [5.74, 6) is 0.548. The molecule has 8 nitrogen and oxygen atoms in total. The third-order valence-corrected chi connectivity index (χ3v) is 7.78. The third kappa shape index (κ3) is 2.98. The molecule has 0 amide bonds. The Labute approximate surface area is 154 Å². The molecule has 0 saturated heterocycles. The zero-order chi connectivity index (χ0) is 18.3. The number of hydrogen-bond donors (Lipinski definition) is 1. The Morgan fingerprint density at radius 2 is 2.19 bits per heavy atom. The monoisotopic (exact) mass is 394 g/mol. The molecule has 1 N–H and O–H groups in total. The molecule has 0 unspecified atom stereocenters. The van der Waals surface area contributed by atoms with Crippen molar-refractivity contribution in [1.82, 2.24) is 19.2 Å². The van der Waals surface area contributed by atoms with E-state index in [0.717, 1.165) is 21.9 Å². The first kappa shape index (κ1) is 17.4. The molecule has 0 fully saturated rings. The van der Waals surface area contributed by atoms with Gasteiger partial charge in [0.05, 0.1) is 41.7 Å². The Kier molecular flexibility index (Phi) is 4.43. The van der Waals surface area contributed by atoms with E-state index in [2.05, 4.69) is 10.3 Å². The second kappa shape index (κ2) is 6.62. The molecule has 3 aromatic heterocycles. The fourth-order valence-electron chi connectivity index (χ4n) is 2.90. The van der Waals surface area contributed by atoms with Crippen molar-refractivity contribution in [3.05, 3.63) is 41.9 Å². The number of hydrogen-bond acceptors (Lipinski definition) is 7. The van der Waals surface area contributed by atoms with Gasteiger partial charge in [-0.3, -0.25) is 4.68 Å². The normalized spacial score (nSPS) is 16.5. The van der Waals surface area contributed by atoms with Gasteiger partial charge in [0.2, 0.25) is 0 Å². The van der Waals surface area contributed by atoms with Crippen molar-refractivity contribution >= 4 is 21.4 Å². The first-order valence-electron chi connectivity index (χ1n) is 8.24. The van der Waals surface area contributed by atoms with Gasteiger partial charge in [-0.05, 0) is 24.6 Å². The van der Waals surface area contributed by atoms with E-state index in [4.69, 9.17) is 4.52 Å². The van der Waals surface area contributed by atoms with E-state index in [9.17, 15) is 13.5 Å². The molecule has 1 atom stereocenters. The van der Waals surface area contributed by atoms with Crippen LogP contribution in [0.25, 0.3) is 10.6 Å². The molecule has 0 aromatic carbocycles. The summed E-state index contributed by atoms with van der Waals surface area (Å²) >= 11 is 1.16. The van der Waals surface area contributed by atoms with Gasteiger partial charge in [0, 0.05) is 12.6 Å². The average Bonchev–Trinajstić information content (AvgIpc) is 3.39. The summed E-state index contributed by atoms with van der Waals surface area (Å²) in [5, 5.41) is 18.0. The van der Waals surface area contributed by atoms with Crippen LogP contribution in [0.4, 0.5) is 0 Å². The van der Waals surface area contributed by atoms with Gasteiger partial charge in [0.1, 0.15) is 4.21 Å². The molecule has 0 spiro atoms. The molecule has 0 bridgehead atoms. The van der Waals surface area contributed by atoms with Crippen LogP contribution in [0.1, 0.15) is 30.8 Å². The highest BCUT2D eigenvalue weighted by Crippen LogP contribution is 2.33. The van der Waals surface area contributed by atoms with Crippen molar-refractivity contribution in [2.24, 2.45) is 0 Å². The van der Waals surface area contributed by atoms with Gasteiger partial charge < -0.3 is 9.63 Å². The fourth-order valence-corrected chi connectivity index (χ4v) is 5.72. The summed E-state index contributed by atoms with van der Waals surface area (Å²) in [5.41, 5.74) is 1.37. The SMILES string of the molecule is CC[C@H](O)c1cc2n(n1)CCN(S(=O)(=O)c1ccc(-c3ccno3)s1)C2. The summed E-state index contributed by atoms with van der Waals surface area (Å²) < 4.78 is 34.6. The van der Waals surface area contributed by atoms with Gasteiger partial charge in [-0.15, -0.1) is 11.3 Å². The van der Waals surface area contributed by atoms with Crippen LogP contribution in [0.3, 0.4) is 0 Å². The smallest absolute Gasteiger partial charge is 0.252 e. The van der Waals surface area contributed by atoms with E-state index >= 15 is 0 Å². The number of nitrogens with zero attached hydrogens (tertiary/aromatic N) is 4. The van der Waals surface area contributed by atoms with Gasteiger partial charge >= 0.3 is 0 Å². The van der Waals surface area contributed by atoms with Gasteiger partial charge in [-0.25, -0.2) is 8.42 Å². The van der Waals surface area contributed by atoms with Gasteiger partial charge in [-0.2, -0.15) is 9.40 Å². The van der Waals surface area contributed by atoms with Crippen molar-refractivity contribution in [1.29, 1.82) is 0 Å². The van der Waals surface area contributed by atoms with E-state index in [0.29, 0.717) is 31.0 Å². The lowest BCUT2D eigenvalue weighted by molar-refractivity contribution is 0.167. The number of sulfonamides is 1. The van der Waals surface area contributed by atoms with Crippen LogP contribution in [-0.4, -0.2) is 39.3 Å². The Morgan fingerprint density at radius 3 is 2.92 bits per heavy atom. The van der Waals surface area contributed by atoms with Crippen LogP contribution < -0.4 is 0 Å². The number of aromatic nitrogens is 3. The predicted octanol–water partition coefficient (Wildman–Crippen LogP) is 2.25. The van der Waals surface area contributed by atoms with Crippen molar-refractivity contribution in [2.45, 2.75) is 36.7 Å². The lowest BCUT2D eigenvalue weighted by Gasteiger charge is -2.26. The van der Waals surface area contributed by atoms with E-state index in [-0.39, 0.29) is 10.8 Å². The molecule has 26 heavy (non-hydrogen) atoms. The molecular formula is C16H18N4O4S2. The lowest BCUT2D eigenvalue weighted by atomic mass is 10.2. The van der Waals surface area contributed by atoms with Gasteiger partial charge in [0.15, 0.2) is 5.76 Å². The predicted molar refractivity (Wildman–Crippen MR) is 94.9 cm³/mol. The molecule has 4 rings (SSSR count). The summed E-state index contributed by atoms with van der Waals surface area (Å²) in [4.78, 5) is 0.719. The summed E-state index contributed by atoms with van der Waals surface area (Å²) in [6, 6.07) is 6.80. The molecule has 1 aliphatic rings. The topological polar surface area (TPSA) is 101 Å². The first-order valence-corrected chi connectivity index (χ1v) is 10.5. The standard InChI is InChI=1S/C16H18N4O4S2/c1-2-13(21)12-9-11-10-19(7-8-20(11)18-12)26(22,23)16-4-3-15(25-16)14-5-6-17-24-14/h3-6,9,13,21H,2,7-8,10H2,1H3/t13-/m0/s1. The Balaban J connectivity index is 1.58. The second-order valence-corrected chi connectivity index (χ2v) is 9.29. The highest BCUT2D eigenvalue weighted by molar-refractivity contribution is 7.91. The van der Waals surface area contributed by atoms with Crippen molar-refractivity contribution in [3.63, 3.8) is 0 Å². The maximum Gasteiger partial charge on any atom is 0.252 e. The largest absolute Gasteiger partial charge is 0.387 e. The second-order valence-electron chi connectivity index (χ2n) is 6.04. The maximum atomic E-state index is 13.0. The Morgan fingerprint density at radius 1 is 1.35 bits per heavy atom. The zero-order valence-corrected chi connectivity index (χ0v) is 15.7. The highest BCUT2D eigenvalue weighted by Gasteiger charge is 2.31. The quantitative estimate of drug-likeness (QED) is 0.712. The van der Waals surface area contributed by atoms with E-state index in [1.54, 1.807) is 28.9 Å². The molecule has 138 valence electrons. The minimum Gasteiger partial charge on any atom is -0.387 e. The van der Waals surface area contributed by atoms with Crippen LogP contribution in [0.2, 0.25) is 0 Å². The van der Waals surface area contributed by atoms with Crippen molar-refractivity contribution in [3.8, 4) is 10.6 Å². The van der Waals surface area contributed by atoms with Crippen LogP contribution >= 0.6 is 11.3 Å². The van der Waals surface area contributed by atoms with Crippen LogP contribution in [-0.2, 0) is 23.1 Å². The fraction of sp³-hybridized carbons (Fsp3) is 0.375. The molecule has 1 aliphatic heterocycles. The maximum absolute atomic E-state index is 13.0. The number of aliphatic hydroxyl groups excluding tert-OH is 1. The molecule has 0 saturated carbocycles. The summed E-state index contributed by atoms with van der Waals surface area (Å²) in [6.07, 6.45) is 1.47. The number of fused-ring (bicyclic) bond motifs is 1. The van der Waals surface area contributed by atoms with Crippen molar-refractivity contribution < 1.29 is 18.0 Å². The molecule has 4 heterocycles. The number of aliphatic hydroxyl groups is 1. The Bertz CT molecular complexity index is 1010. The molecule has 0 radical (unpaired) electrons. The zero-order valence-electron chi connectivity index (χ0n) is 14.1. The highest BCUT2D eigenvalue weighted by atomic mass is 32.2. The minimum absolute atomic E-state index is 0.237.